The molecule has 0 bridgehead atoms. The van der Waals surface area contributed by atoms with Crippen LogP contribution in [0.1, 0.15) is 18.9 Å². The van der Waals surface area contributed by atoms with Gasteiger partial charge in [-0.1, -0.05) is 12.1 Å². The van der Waals surface area contributed by atoms with E-state index in [-0.39, 0.29) is 6.10 Å². The maximum atomic E-state index is 9.20. The molecule has 1 aromatic carbocycles. The SMILES string of the molecule is COc1cccc(CN(C)CCC(C)O)c1. The monoisotopic (exact) mass is 223 g/mol. The van der Waals surface area contributed by atoms with Gasteiger partial charge in [0.2, 0.25) is 0 Å². The molecule has 1 unspecified atom stereocenters. The van der Waals surface area contributed by atoms with Gasteiger partial charge in [0.05, 0.1) is 13.2 Å². The number of hydrogen-bond donors (Lipinski definition) is 1. The molecular weight excluding hydrogens is 202 g/mol. The number of benzene rings is 1. The lowest BCUT2D eigenvalue weighted by Gasteiger charge is -2.17. The highest BCUT2D eigenvalue weighted by atomic mass is 16.5. The van der Waals surface area contributed by atoms with Crippen LogP contribution in [0.2, 0.25) is 0 Å². The number of aliphatic hydroxyl groups excluding tert-OH is 1. The maximum absolute atomic E-state index is 9.20. The van der Waals surface area contributed by atoms with Gasteiger partial charge < -0.3 is 14.7 Å². The first-order valence-electron chi connectivity index (χ1n) is 5.61. The van der Waals surface area contributed by atoms with E-state index in [0.717, 1.165) is 25.3 Å². The molecule has 0 heterocycles. The fourth-order valence-electron chi connectivity index (χ4n) is 1.57. The van der Waals surface area contributed by atoms with E-state index in [1.807, 2.05) is 25.1 Å². The second kappa shape index (κ2) is 6.51. The van der Waals surface area contributed by atoms with E-state index in [2.05, 4.69) is 18.0 Å². The van der Waals surface area contributed by atoms with Crippen LogP contribution in [0, 0.1) is 0 Å². The van der Waals surface area contributed by atoms with Crippen molar-refractivity contribution >= 4 is 0 Å². The highest BCUT2D eigenvalue weighted by Crippen LogP contribution is 2.13. The molecule has 0 spiro atoms. The first kappa shape index (κ1) is 13.0. The molecule has 0 aliphatic rings. The van der Waals surface area contributed by atoms with Crippen LogP contribution in [-0.2, 0) is 6.54 Å². The van der Waals surface area contributed by atoms with Crippen LogP contribution in [0.4, 0.5) is 0 Å². The number of rotatable bonds is 6. The van der Waals surface area contributed by atoms with Crippen molar-refractivity contribution in [2.45, 2.75) is 26.0 Å². The molecule has 1 atom stereocenters. The summed E-state index contributed by atoms with van der Waals surface area (Å²) in [6, 6.07) is 8.07. The van der Waals surface area contributed by atoms with Crippen molar-refractivity contribution in [1.29, 1.82) is 0 Å². The molecule has 3 heteroatoms. The standard InChI is InChI=1S/C13H21NO2/c1-11(15)7-8-14(2)10-12-5-4-6-13(9-12)16-3/h4-6,9,11,15H,7-8,10H2,1-3H3. The van der Waals surface area contributed by atoms with Crippen LogP contribution in [0.3, 0.4) is 0 Å². The third-order valence-corrected chi connectivity index (χ3v) is 2.52. The van der Waals surface area contributed by atoms with Crippen LogP contribution in [0.25, 0.3) is 0 Å². The maximum Gasteiger partial charge on any atom is 0.119 e. The highest BCUT2D eigenvalue weighted by molar-refractivity contribution is 5.28. The van der Waals surface area contributed by atoms with Crippen molar-refractivity contribution in [3.63, 3.8) is 0 Å². The Balaban J connectivity index is 2.45. The van der Waals surface area contributed by atoms with Gasteiger partial charge >= 0.3 is 0 Å². The molecule has 0 fully saturated rings. The van der Waals surface area contributed by atoms with Gasteiger partial charge in [-0.15, -0.1) is 0 Å². The van der Waals surface area contributed by atoms with Gasteiger partial charge in [0.15, 0.2) is 0 Å². The van der Waals surface area contributed by atoms with Gasteiger partial charge in [0.25, 0.3) is 0 Å². The second-order valence-corrected chi connectivity index (χ2v) is 4.23. The lowest BCUT2D eigenvalue weighted by molar-refractivity contribution is 0.163. The lowest BCUT2D eigenvalue weighted by atomic mass is 10.2. The predicted octanol–water partition coefficient (Wildman–Crippen LogP) is 1.90. The first-order chi connectivity index (χ1) is 7.61. The van der Waals surface area contributed by atoms with Gasteiger partial charge in [-0.2, -0.15) is 0 Å². The summed E-state index contributed by atoms with van der Waals surface area (Å²) in [4.78, 5) is 2.20. The molecule has 0 aromatic heterocycles. The molecule has 0 aliphatic heterocycles. The van der Waals surface area contributed by atoms with Crippen LogP contribution < -0.4 is 4.74 Å². The zero-order valence-electron chi connectivity index (χ0n) is 10.3. The smallest absolute Gasteiger partial charge is 0.119 e. The number of nitrogens with zero attached hydrogens (tertiary/aromatic N) is 1. The van der Waals surface area contributed by atoms with Crippen LogP contribution in [0.5, 0.6) is 5.75 Å². The predicted molar refractivity (Wildman–Crippen MR) is 65.6 cm³/mol. The van der Waals surface area contributed by atoms with Gasteiger partial charge in [-0.05, 0) is 38.1 Å². The Hall–Kier alpha value is -1.06. The lowest BCUT2D eigenvalue weighted by Crippen LogP contribution is -2.22. The average Bonchev–Trinajstić information content (AvgIpc) is 2.26. The Labute approximate surface area is 97.7 Å². The Morgan fingerprint density at radius 2 is 2.19 bits per heavy atom. The summed E-state index contributed by atoms with van der Waals surface area (Å²) >= 11 is 0. The summed E-state index contributed by atoms with van der Waals surface area (Å²) in [6.07, 6.45) is 0.577. The van der Waals surface area contributed by atoms with E-state index in [0.29, 0.717) is 0 Å². The molecular formula is C13H21NO2. The number of hydrogen-bond acceptors (Lipinski definition) is 3. The summed E-state index contributed by atoms with van der Waals surface area (Å²) < 4.78 is 5.18. The van der Waals surface area contributed by atoms with Gasteiger partial charge in [-0.25, -0.2) is 0 Å². The number of ether oxygens (including phenoxy) is 1. The summed E-state index contributed by atoms with van der Waals surface area (Å²) in [5.74, 6) is 0.890. The number of methoxy groups -OCH3 is 1. The van der Waals surface area contributed by atoms with Crippen molar-refractivity contribution in [3.05, 3.63) is 29.8 Å². The van der Waals surface area contributed by atoms with Crippen molar-refractivity contribution in [1.82, 2.24) is 4.90 Å². The molecule has 1 rings (SSSR count). The quantitative estimate of drug-likeness (QED) is 0.799. The zero-order chi connectivity index (χ0) is 12.0. The highest BCUT2D eigenvalue weighted by Gasteiger charge is 2.03. The Kier molecular flexibility index (Phi) is 5.29. The Morgan fingerprint density at radius 3 is 2.81 bits per heavy atom. The summed E-state index contributed by atoms with van der Waals surface area (Å²) in [7, 11) is 3.73. The van der Waals surface area contributed by atoms with Crippen molar-refractivity contribution < 1.29 is 9.84 Å². The average molecular weight is 223 g/mol. The summed E-state index contributed by atoms with van der Waals surface area (Å²) in [5.41, 5.74) is 1.23. The van der Waals surface area contributed by atoms with E-state index >= 15 is 0 Å². The van der Waals surface area contributed by atoms with Crippen LogP contribution in [-0.4, -0.2) is 36.8 Å². The molecule has 0 saturated heterocycles. The molecule has 16 heavy (non-hydrogen) atoms. The van der Waals surface area contributed by atoms with Crippen LogP contribution in [0.15, 0.2) is 24.3 Å². The number of aliphatic hydroxyl groups is 1. The molecule has 0 amide bonds. The van der Waals surface area contributed by atoms with Crippen molar-refractivity contribution in [2.24, 2.45) is 0 Å². The molecule has 0 radical (unpaired) electrons. The third kappa shape index (κ3) is 4.64. The molecule has 1 aromatic rings. The topological polar surface area (TPSA) is 32.7 Å². The van der Waals surface area contributed by atoms with Crippen molar-refractivity contribution in [2.75, 3.05) is 20.7 Å². The van der Waals surface area contributed by atoms with E-state index in [4.69, 9.17) is 4.74 Å². The molecule has 0 saturated carbocycles. The third-order valence-electron chi connectivity index (χ3n) is 2.52. The largest absolute Gasteiger partial charge is 0.497 e. The fraction of sp³-hybridized carbons (Fsp3) is 0.538. The minimum atomic E-state index is -0.229. The molecule has 3 nitrogen and oxygen atoms in total. The fourth-order valence-corrected chi connectivity index (χ4v) is 1.57. The van der Waals surface area contributed by atoms with Crippen LogP contribution >= 0.6 is 0 Å². The summed E-state index contributed by atoms with van der Waals surface area (Å²) in [5, 5.41) is 9.20. The van der Waals surface area contributed by atoms with E-state index in [9.17, 15) is 5.11 Å². The first-order valence-corrected chi connectivity index (χ1v) is 5.61. The van der Waals surface area contributed by atoms with Gasteiger partial charge in [-0.3, -0.25) is 0 Å². The van der Waals surface area contributed by atoms with E-state index in [1.54, 1.807) is 7.11 Å². The minimum absolute atomic E-state index is 0.229. The normalized spacial score (nSPS) is 12.8. The van der Waals surface area contributed by atoms with E-state index in [1.165, 1.54) is 5.56 Å². The second-order valence-electron chi connectivity index (χ2n) is 4.23. The molecule has 90 valence electrons. The Bertz CT molecular complexity index is 313. The van der Waals surface area contributed by atoms with Gasteiger partial charge in [0, 0.05) is 13.1 Å². The Morgan fingerprint density at radius 1 is 1.44 bits per heavy atom. The molecule has 1 N–H and O–H groups in total. The van der Waals surface area contributed by atoms with Gasteiger partial charge in [0.1, 0.15) is 5.75 Å². The van der Waals surface area contributed by atoms with Crippen molar-refractivity contribution in [3.8, 4) is 5.75 Å². The molecule has 0 aliphatic carbocycles. The zero-order valence-corrected chi connectivity index (χ0v) is 10.3. The minimum Gasteiger partial charge on any atom is -0.497 e. The summed E-state index contributed by atoms with van der Waals surface area (Å²) in [6.45, 7) is 3.60. The van der Waals surface area contributed by atoms with E-state index < -0.39 is 0 Å².